The fourth-order valence-electron chi connectivity index (χ4n) is 5.80. The van der Waals surface area contributed by atoms with Crippen LogP contribution in [0.1, 0.15) is 39.7 Å². The van der Waals surface area contributed by atoms with Crippen molar-refractivity contribution < 1.29 is 14.4 Å². The Morgan fingerprint density at radius 3 is 1.94 bits per heavy atom. The zero-order chi connectivity index (χ0) is 25.0. The van der Waals surface area contributed by atoms with Crippen molar-refractivity contribution in [2.45, 2.75) is 18.8 Å². The number of hydrogen-bond acceptors (Lipinski definition) is 6. The van der Waals surface area contributed by atoms with Crippen molar-refractivity contribution in [3.63, 3.8) is 0 Å². The predicted molar refractivity (Wildman–Crippen MR) is 131 cm³/mol. The lowest BCUT2D eigenvalue weighted by molar-refractivity contribution is -0.164. The van der Waals surface area contributed by atoms with Gasteiger partial charge in [-0.1, -0.05) is 66.2 Å². The minimum atomic E-state index is -0.975. The zero-order valence-corrected chi connectivity index (χ0v) is 19.3. The molecular weight excluding hydrogens is 454 g/mol. The number of nitriles is 1. The standard InChI is InChI=1S/C28H21N5O3/c1-15-10-12-16(13-11-15)30-31-21(14-29)27(35)33-28(36)25-23-19-8-4-2-6-17(19)22(24(25)26(34)32-33)18-7-3-5-9-20(18)23/h2-13,22-25,30H,1H3,(H,32,34)/b31-21-. The van der Waals surface area contributed by atoms with Gasteiger partial charge in [-0.05, 0) is 41.3 Å². The third-order valence-corrected chi connectivity index (χ3v) is 7.33. The summed E-state index contributed by atoms with van der Waals surface area (Å²) in [4.78, 5) is 40.4. The molecule has 1 saturated heterocycles. The van der Waals surface area contributed by atoms with Crippen LogP contribution in [0, 0.1) is 30.1 Å². The Kier molecular flexibility index (Phi) is 4.93. The van der Waals surface area contributed by atoms with E-state index in [-0.39, 0.29) is 11.8 Å². The highest BCUT2D eigenvalue weighted by molar-refractivity contribution is 6.47. The van der Waals surface area contributed by atoms with E-state index in [4.69, 9.17) is 0 Å². The number of aryl methyl sites for hydroxylation is 1. The number of hydrazone groups is 1. The van der Waals surface area contributed by atoms with Crippen molar-refractivity contribution in [1.29, 1.82) is 5.26 Å². The Balaban J connectivity index is 1.36. The van der Waals surface area contributed by atoms with Crippen LogP contribution in [0.2, 0.25) is 0 Å². The lowest BCUT2D eigenvalue weighted by Gasteiger charge is -2.52. The summed E-state index contributed by atoms with van der Waals surface area (Å²) in [5, 5.41) is 14.2. The third kappa shape index (κ3) is 3.13. The predicted octanol–water partition coefficient (Wildman–Crippen LogP) is 3.21. The molecule has 7 rings (SSSR count). The summed E-state index contributed by atoms with van der Waals surface area (Å²) < 4.78 is 0. The topological polar surface area (TPSA) is 115 Å². The van der Waals surface area contributed by atoms with Crippen LogP contribution < -0.4 is 10.9 Å². The van der Waals surface area contributed by atoms with Gasteiger partial charge in [0.25, 0.3) is 5.91 Å². The van der Waals surface area contributed by atoms with Crippen LogP contribution in [-0.4, -0.2) is 28.4 Å². The lowest BCUT2D eigenvalue weighted by atomic mass is 9.53. The first-order chi connectivity index (χ1) is 17.5. The van der Waals surface area contributed by atoms with Crippen LogP contribution in [0.3, 0.4) is 0 Å². The molecule has 176 valence electrons. The van der Waals surface area contributed by atoms with Crippen LogP contribution in [0.4, 0.5) is 5.69 Å². The van der Waals surface area contributed by atoms with E-state index in [2.05, 4.69) is 16.0 Å². The van der Waals surface area contributed by atoms with E-state index < -0.39 is 35.3 Å². The fraction of sp³-hybridized carbons (Fsp3) is 0.179. The minimum Gasteiger partial charge on any atom is -0.277 e. The van der Waals surface area contributed by atoms with Crippen molar-refractivity contribution in [1.82, 2.24) is 10.4 Å². The van der Waals surface area contributed by atoms with Gasteiger partial charge in [0.1, 0.15) is 6.07 Å². The van der Waals surface area contributed by atoms with E-state index in [9.17, 15) is 19.6 Å². The number of carbonyl (C=O) groups is 3. The van der Waals surface area contributed by atoms with E-state index in [0.29, 0.717) is 10.7 Å². The summed E-state index contributed by atoms with van der Waals surface area (Å²) in [5.74, 6) is -4.00. The van der Waals surface area contributed by atoms with Crippen molar-refractivity contribution in [3.8, 4) is 6.07 Å². The molecule has 0 aromatic heterocycles. The van der Waals surface area contributed by atoms with Crippen LogP contribution in [0.15, 0.2) is 77.9 Å². The largest absolute Gasteiger partial charge is 0.310 e. The summed E-state index contributed by atoms with van der Waals surface area (Å²) in [6.07, 6.45) is 0. The Labute approximate surface area is 207 Å². The normalized spacial score (nSPS) is 23.7. The number of benzene rings is 3. The number of hydrazine groups is 1. The van der Waals surface area contributed by atoms with Gasteiger partial charge in [-0.25, -0.2) is 0 Å². The fourth-order valence-corrected chi connectivity index (χ4v) is 5.80. The number of nitrogens with zero attached hydrogens (tertiary/aromatic N) is 3. The average Bonchev–Trinajstić information content (AvgIpc) is 2.91. The second-order valence-electron chi connectivity index (χ2n) is 9.27. The van der Waals surface area contributed by atoms with E-state index >= 15 is 0 Å². The van der Waals surface area contributed by atoms with Crippen molar-refractivity contribution in [3.05, 3.63) is 101 Å². The number of imide groups is 1. The molecule has 2 atom stereocenters. The monoisotopic (exact) mass is 475 g/mol. The zero-order valence-electron chi connectivity index (χ0n) is 19.3. The molecule has 2 unspecified atom stereocenters. The highest BCUT2D eigenvalue weighted by atomic mass is 16.2. The molecule has 3 aliphatic carbocycles. The van der Waals surface area contributed by atoms with Crippen molar-refractivity contribution in [2.24, 2.45) is 16.9 Å². The number of rotatable bonds is 3. The maximum atomic E-state index is 13.8. The minimum absolute atomic E-state index is 0.291. The smallest absolute Gasteiger partial charge is 0.277 e. The molecule has 0 saturated carbocycles. The molecule has 1 heterocycles. The molecule has 3 aromatic rings. The number of anilines is 1. The summed E-state index contributed by atoms with van der Waals surface area (Å²) in [7, 11) is 0. The first-order valence-electron chi connectivity index (χ1n) is 11.7. The molecule has 0 spiro atoms. The highest BCUT2D eigenvalue weighted by Crippen LogP contribution is 2.59. The lowest BCUT2D eigenvalue weighted by Crippen LogP contribution is -2.65. The molecule has 36 heavy (non-hydrogen) atoms. The maximum absolute atomic E-state index is 13.8. The molecule has 2 bridgehead atoms. The quantitative estimate of drug-likeness (QED) is 0.446. The summed E-state index contributed by atoms with van der Waals surface area (Å²) in [6, 6.07) is 24.7. The molecule has 3 aromatic carbocycles. The van der Waals surface area contributed by atoms with Crippen molar-refractivity contribution in [2.75, 3.05) is 5.43 Å². The second-order valence-corrected chi connectivity index (χ2v) is 9.27. The van der Waals surface area contributed by atoms with Gasteiger partial charge >= 0.3 is 5.91 Å². The Morgan fingerprint density at radius 2 is 1.42 bits per heavy atom. The third-order valence-electron chi connectivity index (χ3n) is 7.33. The van der Waals surface area contributed by atoms with Crippen molar-refractivity contribution >= 4 is 29.1 Å². The van der Waals surface area contributed by atoms with Gasteiger partial charge in [-0.3, -0.25) is 25.2 Å². The molecule has 1 fully saturated rings. The summed E-state index contributed by atoms with van der Waals surface area (Å²) in [6.45, 7) is 1.93. The Morgan fingerprint density at radius 1 is 0.889 bits per heavy atom. The van der Waals surface area contributed by atoms with Gasteiger partial charge in [0.15, 0.2) is 0 Å². The van der Waals surface area contributed by atoms with Gasteiger partial charge in [-0.2, -0.15) is 15.4 Å². The molecule has 8 nitrogen and oxygen atoms in total. The van der Waals surface area contributed by atoms with E-state index in [1.165, 1.54) is 0 Å². The molecule has 3 amide bonds. The molecule has 8 heteroatoms. The SMILES string of the molecule is Cc1ccc(N/N=C(/C#N)C(=O)N2NC(=O)C3C4c5ccccc5C(c5ccccc54)C3C2=O)cc1. The average molecular weight is 476 g/mol. The highest BCUT2D eigenvalue weighted by Gasteiger charge is 2.59. The number of carbonyl (C=O) groups excluding carboxylic acids is 3. The molecule has 1 aliphatic heterocycles. The number of amides is 3. The van der Waals surface area contributed by atoms with Gasteiger partial charge < -0.3 is 0 Å². The van der Waals surface area contributed by atoms with E-state index in [1.54, 1.807) is 18.2 Å². The first-order valence-corrected chi connectivity index (χ1v) is 11.7. The van der Waals surface area contributed by atoms with Gasteiger partial charge in [0, 0.05) is 11.8 Å². The summed E-state index contributed by atoms with van der Waals surface area (Å²) in [5.41, 5.74) is 10.3. The van der Waals surface area contributed by atoms with Crippen LogP contribution in [-0.2, 0) is 14.4 Å². The maximum Gasteiger partial charge on any atom is 0.310 e. The molecule has 4 aliphatic rings. The second kappa shape index (κ2) is 8.17. The van der Waals surface area contributed by atoms with Gasteiger partial charge in [-0.15, -0.1) is 0 Å². The number of hydrogen-bond donors (Lipinski definition) is 2. The first kappa shape index (κ1) is 21.7. The Hall–Kier alpha value is -4.77. The van der Waals surface area contributed by atoms with Crippen LogP contribution in [0.5, 0.6) is 0 Å². The van der Waals surface area contributed by atoms with Crippen LogP contribution >= 0.6 is 0 Å². The van der Waals surface area contributed by atoms with Crippen LogP contribution in [0.25, 0.3) is 0 Å². The van der Waals surface area contributed by atoms with E-state index in [0.717, 1.165) is 27.8 Å². The van der Waals surface area contributed by atoms with Gasteiger partial charge in [0.2, 0.25) is 11.6 Å². The molecule has 0 radical (unpaired) electrons. The molecule has 2 N–H and O–H groups in total. The van der Waals surface area contributed by atoms with Gasteiger partial charge in [0.05, 0.1) is 17.5 Å². The molecular formula is C28H21N5O3. The summed E-state index contributed by atoms with van der Waals surface area (Å²) >= 11 is 0. The number of nitrogens with one attached hydrogen (secondary N) is 2. The Bertz CT molecular complexity index is 1460. The van der Waals surface area contributed by atoms with E-state index in [1.807, 2.05) is 67.6 Å².